The molecule has 1 unspecified atom stereocenters. The minimum atomic E-state index is -1.26. The van der Waals surface area contributed by atoms with E-state index in [0.717, 1.165) is 9.75 Å². The first-order valence-electron chi connectivity index (χ1n) is 5.06. The van der Waals surface area contributed by atoms with Crippen molar-refractivity contribution in [1.82, 2.24) is 0 Å². The predicted molar refractivity (Wildman–Crippen MR) is 64.1 cm³/mol. The van der Waals surface area contributed by atoms with Crippen LogP contribution in [0, 0.1) is 12.7 Å². The Labute approximate surface area is 98.2 Å². The van der Waals surface area contributed by atoms with Crippen LogP contribution in [0.1, 0.15) is 22.2 Å². The van der Waals surface area contributed by atoms with Gasteiger partial charge >= 0.3 is 0 Å². The van der Waals surface area contributed by atoms with Crippen molar-refractivity contribution in [3.05, 3.63) is 57.5 Å². The number of halogens is 1. The average Bonchev–Trinajstić information content (AvgIpc) is 2.66. The molecular formula is C13H13FOS. The normalized spacial score (nSPS) is 14.8. The molecule has 84 valence electrons. The SMILES string of the molecule is Cc1ccc(C(C)(O)c2ccccc2F)s1. The van der Waals surface area contributed by atoms with Gasteiger partial charge in [0, 0.05) is 15.3 Å². The summed E-state index contributed by atoms with van der Waals surface area (Å²) in [5, 5.41) is 10.4. The van der Waals surface area contributed by atoms with Crippen molar-refractivity contribution in [2.45, 2.75) is 19.4 Å². The highest BCUT2D eigenvalue weighted by Gasteiger charge is 2.29. The van der Waals surface area contributed by atoms with Gasteiger partial charge in [-0.15, -0.1) is 11.3 Å². The molecule has 1 N–H and O–H groups in total. The van der Waals surface area contributed by atoms with E-state index in [9.17, 15) is 9.50 Å². The van der Waals surface area contributed by atoms with E-state index in [1.807, 2.05) is 19.1 Å². The Morgan fingerprint density at radius 3 is 2.44 bits per heavy atom. The zero-order valence-corrected chi connectivity index (χ0v) is 10.0. The Morgan fingerprint density at radius 2 is 1.88 bits per heavy atom. The summed E-state index contributed by atoms with van der Waals surface area (Å²) in [6.07, 6.45) is 0. The summed E-state index contributed by atoms with van der Waals surface area (Å²) in [5.41, 5.74) is -0.943. The van der Waals surface area contributed by atoms with Crippen molar-refractivity contribution in [3.63, 3.8) is 0 Å². The molecule has 3 heteroatoms. The molecule has 0 saturated heterocycles. The van der Waals surface area contributed by atoms with Crippen LogP contribution in [0.15, 0.2) is 36.4 Å². The molecule has 1 atom stereocenters. The third-order valence-electron chi connectivity index (χ3n) is 2.62. The lowest BCUT2D eigenvalue weighted by atomic mass is 9.94. The van der Waals surface area contributed by atoms with E-state index < -0.39 is 5.60 Å². The van der Waals surface area contributed by atoms with Crippen LogP contribution in [0.4, 0.5) is 4.39 Å². The van der Waals surface area contributed by atoms with Gasteiger partial charge in [0.1, 0.15) is 11.4 Å². The van der Waals surface area contributed by atoms with Gasteiger partial charge in [-0.25, -0.2) is 4.39 Å². The van der Waals surface area contributed by atoms with Gasteiger partial charge in [0.25, 0.3) is 0 Å². The summed E-state index contributed by atoms with van der Waals surface area (Å²) in [5.74, 6) is -0.376. The van der Waals surface area contributed by atoms with Crippen molar-refractivity contribution in [3.8, 4) is 0 Å². The summed E-state index contributed by atoms with van der Waals surface area (Å²) in [4.78, 5) is 1.86. The number of hydrogen-bond acceptors (Lipinski definition) is 2. The van der Waals surface area contributed by atoms with E-state index in [2.05, 4.69) is 0 Å². The molecule has 1 aromatic heterocycles. The molecule has 1 nitrogen and oxygen atoms in total. The van der Waals surface area contributed by atoms with E-state index >= 15 is 0 Å². The van der Waals surface area contributed by atoms with Crippen LogP contribution in [0.3, 0.4) is 0 Å². The van der Waals surface area contributed by atoms with Crippen LogP contribution in [0.2, 0.25) is 0 Å². The molecule has 2 rings (SSSR count). The van der Waals surface area contributed by atoms with Gasteiger partial charge in [-0.05, 0) is 32.0 Å². The summed E-state index contributed by atoms with van der Waals surface area (Å²) in [6, 6.07) is 10.1. The summed E-state index contributed by atoms with van der Waals surface area (Å²) in [7, 11) is 0. The molecular weight excluding hydrogens is 223 g/mol. The smallest absolute Gasteiger partial charge is 0.129 e. The third kappa shape index (κ3) is 1.88. The maximum Gasteiger partial charge on any atom is 0.129 e. The zero-order chi connectivity index (χ0) is 11.8. The highest BCUT2D eigenvalue weighted by Crippen LogP contribution is 2.34. The van der Waals surface area contributed by atoms with E-state index in [0.29, 0.717) is 5.56 Å². The molecule has 1 heterocycles. The van der Waals surface area contributed by atoms with Crippen LogP contribution < -0.4 is 0 Å². The molecule has 1 aromatic carbocycles. The van der Waals surface area contributed by atoms with Crippen LogP contribution in [0.25, 0.3) is 0 Å². The lowest BCUT2D eigenvalue weighted by Gasteiger charge is -2.22. The fraction of sp³-hybridized carbons (Fsp3) is 0.231. The fourth-order valence-corrected chi connectivity index (χ4v) is 2.61. The second kappa shape index (κ2) is 4.00. The maximum atomic E-state index is 13.6. The van der Waals surface area contributed by atoms with Gasteiger partial charge in [-0.3, -0.25) is 0 Å². The largest absolute Gasteiger partial charge is 0.380 e. The number of hydrogen-bond donors (Lipinski definition) is 1. The number of rotatable bonds is 2. The molecule has 0 spiro atoms. The summed E-state index contributed by atoms with van der Waals surface area (Å²) < 4.78 is 13.6. The fourth-order valence-electron chi connectivity index (χ4n) is 1.68. The molecule has 0 aliphatic heterocycles. The van der Waals surface area contributed by atoms with Gasteiger partial charge in [0.2, 0.25) is 0 Å². The Hall–Kier alpha value is -1.19. The van der Waals surface area contributed by atoms with Gasteiger partial charge in [0.05, 0.1) is 0 Å². The number of aliphatic hydroxyl groups is 1. The summed E-state index contributed by atoms with van der Waals surface area (Å²) in [6.45, 7) is 3.59. The molecule has 0 amide bonds. The average molecular weight is 236 g/mol. The Morgan fingerprint density at radius 1 is 1.19 bits per heavy atom. The van der Waals surface area contributed by atoms with E-state index in [1.54, 1.807) is 25.1 Å². The third-order valence-corrected chi connectivity index (χ3v) is 3.83. The molecule has 16 heavy (non-hydrogen) atoms. The van der Waals surface area contributed by atoms with E-state index in [1.165, 1.54) is 17.4 Å². The second-order valence-corrected chi connectivity index (χ2v) is 5.25. The van der Waals surface area contributed by atoms with Gasteiger partial charge < -0.3 is 5.11 Å². The number of thiophene rings is 1. The molecule has 0 bridgehead atoms. The first-order chi connectivity index (χ1) is 7.51. The minimum absolute atomic E-state index is 0.317. The van der Waals surface area contributed by atoms with Gasteiger partial charge in [-0.2, -0.15) is 0 Å². The van der Waals surface area contributed by atoms with Gasteiger partial charge in [0.15, 0.2) is 0 Å². The second-order valence-electron chi connectivity index (χ2n) is 3.96. The Kier molecular flexibility index (Phi) is 2.82. The van der Waals surface area contributed by atoms with Crippen molar-refractivity contribution in [1.29, 1.82) is 0 Å². The molecule has 0 aliphatic rings. The molecule has 2 aromatic rings. The lowest BCUT2D eigenvalue weighted by Crippen LogP contribution is -2.22. The van der Waals surface area contributed by atoms with E-state index in [4.69, 9.17) is 0 Å². The van der Waals surface area contributed by atoms with Gasteiger partial charge in [-0.1, -0.05) is 18.2 Å². The standard InChI is InChI=1S/C13H13FOS/c1-9-7-8-12(16-9)13(2,15)10-5-3-4-6-11(10)14/h3-8,15H,1-2H3. The first-order valence-corrected chi connectivity index (χ1v) is 5.88. The van der Waals surface area contributed by atoms with Crippen LogP contribution in [0.5, 0.6) is 0 Å². The first kappa shape index (κ1) is 11.3. The highest BCUT2D eigenvalue weighted by atomic mass is 32.1. The van der Waals surface area contributed by atoms with Crippen molar-refractivity contribution in [2.75, 3.05) is 0 Å². The number of benzene rings is 1. The van der Waals surface area contributed by atoms with Crippen molar-refractivity contribution < 1.29 is 9.50 Å². The molecule has 0 radical (unpaired) electrons. The molecule has 0 saturated carbocycles. The monoisotopic (exact) mass is 236 g/mol. The number of aryl methyl sites for hydroxylation is 1. The van der Waals surface area contributed by atoms with Crippen LogP contribution in [-0.2, 0) is 5.60 Å². The highest BCUT2D eigenvalue weighted by molar-refractivity contribution is 7.12. The lowest BCUT2D eigenvalue weighted by molar-refractivity contribution is 0.102. The molecule has 0 aliphatic carbocycles. The van der Waals surface area contributed by atoms with Crippen molar-refractivity contribution >= 4 is 11.3 Å². The summed E-state index contributed by atoms with van der Waals surface area (Å²) >= 11 is 1.48. The van der Waals surface area contributed by atoms with Crippen molar-refractivity contribution in [2.24, 2.45) is 0 Å². The molecule has 0 fully saturated rings. The predicted octanol–water partition coefficient (Wildman–Crippen LogP) is 3.45. The van der Waals surface area contributed by atoms with Crippen LogP contribution >= 0.6 is 11.3 Å². The zero-order valence-electron chi connectivity index (χ0n) is 9.20. The Bertz CT molecular complexity index is 502. The maximum absolute atomic E-state index is 13.6. The topological polar surface area (TPSA) is 20.2 Å². The van der Waals surface area contributed by atoms with Crippen LogP contribution in [-0.4, -0.2) is 5.11 Å². The quantitative estimate of drug-likeness (QED) is 0.846. The van der Waals surface area contributed by atoms with E-state index in [-0.39, 0.29) is 5.82 Å². The minimum Gasteiger partial charge on any atom is -0.380 e. The Balaban J connectivity index is 2.50.